The van der Waals surface area contributed by atoms with Gasteiger partial charge in [-0.1, -0.05) is 18.2 Å². The molecule has 0 bridgehead atoms. The van der Waals surface area contributed by atoms with Crippen molar-refractivity contribution in [1.29, 1.82) is 0 Å². The van der Waals surface area contributed by atoms with Gasteiger partial charge in [-0.05, 0) is 68.2 Å². The third-order valence-electron chi connectivity index (χ3n) is 5.48. The van der Waals surface area contributed by atoms with Gasteiger partial charge >= 0.3 is 17.8 Å². The van der Waals surface area contributed by atoms with Gasteiger partial charge in [0.15, 0.2) is 0 Å². The van der Waals surface area contributed by atoms with Gasteiger partial charge in [0.2, 0.25) is 0 Å². The summed E-state index contributed by atoms with van der Waals surface area (Å²) in [6.07, 6.45) is 2.20. The number of hydrogen-bond acceptors (Lipinski definition) is 5. The van der Waals surface area contributed by atoms with E-state index in [2.05, 4.69) is 15.5 Å². The summed E-state index contributed by atoms with van der Waals surface area (Å²) in [6, 6.07) is 12.0. The number of hydrogen-bond donors (Lipinski definition) is 3. The minimum absolute atomic E-state index is 0.0370. The summed E-state index contributed by atoms with van der Waals surface area (Å²) in [6.45, 7) is 3.87. The molecule has 1 atom stereocenters. The molecule has 0 aromatic heterocycles. The third kappa shape index (κ3) is 5.61. The molecule has 1 heterocycles. The van der Waals surface area contributed by atoms with E-state index in [4.69, 9.17) is 9.84 Å². The maximum absolute atomic E-state index is 12.5. The van der Waals surface area contributed by atoms with Crippen LogP contribution in [0.3, 0.4) is 0 Å². The van der Waals surface area contributed by atoms with Crippen molar-refractivity contribution in [2.75, 3.05) is 32.1 Å². The fourth-order valence-corrected chi connectivity index (χ4v) is 3.68. The fourth-order valence-electron chi connectivity index (χ4n) is 3.68. The number of benzene rings is 2. The van der Waals surface area contributed by atoms with Gasteiger partial charge in [0.25, 0.3) is 0 Å². The van der Waals surface area contributed by atoms with Crippen molar-refractivity contribution in [2.24, 2.45) is 0 Å². The Kier molecular flexibility index (Phi) is 7.25. The lowest BCUT2D eigenvalue weighted by atomic mass is 10.1. The summed E-state index contributed by atoms with van der Waals surface area (Å²) in [5.74, 6) is -1.95. The molecule has 1 unspecified atom stereocenters. The lowest BCUT2D eigenvalue weighted by Crippen LogP contribution is -2.41. The molecule has 2 amide bonds. The Bertz CT molecular complexity index is 952. The van der Waals surface area contributed by atoms with Crippen LogP contribution in [0, 0.1) is 6.92 Å². The average Bonchev–Trinajstić information content (AvgIpc) is 3.30. The van der Waals surface area contributed by atoms with Crippen LogP contribution in [0.1, 0.15) is 40.4 Å². The number of anilines is 1. The second-order valence-corrected chi connectivity index (χ2v) is 7.53. The average molecular weight is 425 g/mol. The molecular weight excluding hydrogens is 398 g/mol. The lowest BCUT2D eigenvalue weighted by Gasteiger charge is -2.28. The predicted octanol–water partition coefficient (Wildman–Crippen LogP) is 2.59. The lowest BCUT2D eigenvalue weighted by molar-refractivity contribution is -0.136. The first-order valence-electron chi connectivity index (χ1n) is 10.2. The largest absolute Gasteiger partial charge is 0.497 e. The minimum atomic E-state index is -1.10. The number of ether oxygens (including phenoxy) is 1. The molecule has 0 spiro atoms. The number of carboxylic acid groups (broad SMARTS) is 1. The van der Waals surface area contributed by atoms with Crippen LogP contribution in [-0.2, 0) is 9.59 Å². The molecule has 0 saturated carbocycles. The van der Waals surface area contributed by atoms with Crippen molar-refractivity contribution in [3.05, 3.63) is 59.2 Å². The van der Waals surface area contributed by atoms with Crippen molar-refractivity contribution in [3.63, 3.8) is 0 Å². The number of nitrogens with zero attached hydrogens (tertiary/aromatic N) is 1. The molecule has 164 valence electrons. The van der Waals surface area contributed by atoms with Gasteiger partial charge in [-0.25, -0.2) is 4.79 Å². The second-order valence-electron chi connectivity index (χ2n) is 7.53. The SMILES string of the molecule is COc1ccc(C(CNC(=O)C(=O)Nc2cc(C(=O)O)ccc2C)N2CCCC2)cc1. The first-order valence-corrected chi connectivity index (χ1v) is 10.2. The van der Waals surface area contributed by atoms with Gasteiger partial charge in [-0.15, -0.1) is 0 Å². The summed E-state index contributed by atoms with van der Waals surface area (Å²) < 4.78 is 5.22. The van der Waals surface area contributed by atoms with Crippen molar-refractivity contribution < 1.29 is 24.2 Å². The summed E-state index contributed by atoms with van der Waals surface area (Å²) in [4.78, 5) is 38.3. The molecule has 0 radical (unpaired) electrons. The van der Waals surface area contributed by atoms with Crippen LogP contribution < -0.4 is 15.4 Å². The Morgan fingerprint density at radius 2 is 1.74 bits per heavy atom. The number of carbonyl (C=O) groups excluding carboxylic acids is 2. The Labute approximate surface area is 181 Å². The van der Waals surface area contributed by atoms with E-state index >= 15 is 0 Å². The molecule has 2 aromatic rings. The molecule has 1 fully saturated rings. The van der Waals surface area contributed by atoms with Crippen LogP contribution in [0.25, 0.3) is 0 Å². The van der Waals surface area contributed by atoms with Crippen LogP contribution in [-0.4, -0.2) is 54.5 Å². The van der Waals surface area contributed by atoms with Crippen molar-refractivity contribution >= 4 is 23.5 Å². The van der Waals surface area contributed by atoms with Gasteiger partial charge in [0.1, 0.15) is 5.75 Å². The van der Waals surface area contributed by atoms with Crippen LogP contribution in [0.4, 0.5) is 5.69 Å². The number of nitrogens with one attached hydrogen (secondary N) is 2. The molecule has 2 aromatic carbocycles. The van der Waals surface area contributed by atoms with Crippen LogP contribution >= 0.6 is 0 Å². The van der Waals surface area contributed by atoms with E-state index < -0.39 is 17.8 Å². The molecule has 3 rings (SSSR count). The van der Waals surface area contributed by atoms with E-state index in [1.807, 2.05) is 24.3 Å². The zero-order chi connectivity index (χ0) is 22.4. The number of aromatic carboxylic acids is 1. The predicted molar refractivity (Wildman–Crippen MR) is 116 cm³/mol. The minimum Gasteiger partial charge on any atom is -0.497 e. The summed E-state index contributed by atoms with van der Waals surface area (Å²) >= 11 is 0. The molecule has 0 aliphatic carbocycles. The Morgan fingerprint density at radius 3 is 2.35 bits per heavy atom. The monoisotopic (exact) mass is 425 g/mol. The number of carbonyl (C=O) groups is 3. The summed E-state index contributed by atoms with van der Waals surface area (Å²) in [5, 5.41) is 14.4. The van der Waals surface area contributed by atoms with E-state index in [1.54, 1.807) is 20.1 Å². The standard InChI is InChI=1S/C23H27N3O5/c1-15-5-6-17(23(29)30)13-19(15)25-22(28)21(27)24-14-20(26-11-3-4-12-26)16-7-9-18(31-2)10-8-16/h5-10,13,20H,3-4,11-12,14H2,1-2H3,(H,24,27)(H,25,28)(H,29,30). The van der Waals surface area contributed by atoms with E-state index in [-0.39, 0.29) is 18.2 Å². The molecule has 8 nitrogen and oxygen atoms in total. The van der Waals surface area contributed by atoms with Crippen molar-refractivity contribution in [1.82, 2.24) is 10.2 Å². The van der Waals surface area contributed by atoms with E-state index in [1.165, 1.54) is 12.1 Å². The molecule has 1 aliphatic rings. The van der Waals surface area contributed by atoms with E-state index in [9.17, 15) is 14.4 Å². The topological polar surface area (TPSA) is 108 Å². The number of rotatable bonds is 7. The van der Waals surface area contributed by atoms with Crippen molar-refractivity contribution in [3.8, 4) is 5.75 Å². The first-order chi connectivity index (χ1) is 14.9. The van der Waals surface area contributed by atoms with Crippen LogP contribution in [0.2, 0.25) is 0 Å². The quantitative estimate of drug-likeness (QED) is 0.589. The van der Waals surface area contributed by atoms with Gasteiger partial charge in [-0.3, -0.25) is 14.5 Å². The molecule has 8 heteroatoms. The molecule has 3 N–H and O–H groups in total. The number of amides is 2. The number of aryl methyl sites for hydroxylation is 1. The molecular formula is C23H27N3O5. The van der Waals surface area contributed by atoms with Crippen molar-refractivity contribution in [2.45, 2.75) is 25.8 Å². The molecule has 1 saturated heterocycles. The van der Waals surface area contributed by atoms with Crippen LogP contribution in [0.5, 0.6) is 5.75 Å². The highest BCUT2D eigenvalue weighted by Crippen LogP contribution is 2.26. The normalized spacial score (nSPS) is 14.6. The summed E-state index contributed by atoms with van der Waals surface area (Å²) in [7, 11) is 1.61. The Hall–Kier alpha value is -3.39. The Morgan fingerprint density at radius 1 is 1.06 bits per heavy atom. The number of likely N-dealkylation sites (tertiary alicyclic amines) is 1. The smallest absolute Gasteiger partial charge is 0.335 e. The maximum atomic E-state index is 12.5. The first kappa shape index (κ1) is 22.3. The fraction of sp³-hybridized carbons (Fsp3) is 0.348. The Balaban J connectivity index is 1.66. The van der Waals surface area contributed by atoms with Gasteiger partial charge in [0.05, 0.1) is 18.7 Å². The zero-order valence-electron chi connectivity index (χ0n) is 17.7. The van der Waals surface area contributed by atoms with Gasteiger partial charge in [-0.2, -0.15) is 0 Å². The van der Waals surface area contributed by atoms with E-state index in [0.717, 1.165) is 37.2 Å². The van der Waals surface area contributed by atoms with Gasteiger partial charge in [0, 0.05) is 12.2 Å². The zero-order valence-corrected chi connectivity index (χ0v) is 17.7. The maximum Gasteiger partial charge on any atom is 0.335 e. The van der Waals surface area contributed by atoms with E-state index in [0.29, 0.717) is 11.3 Å². The highest BCUT2D eigenvalue weighted by atomic mass is 16.5. The highest BCUT2D eigenvalue weighted by molar-refractivity contribution is 6.39. The second kappa shape index (κ2) is 10.1. The summed E-state index contributed by atoms with van der Waals surface area (Å²) in [5.41, 5.74) is 2.04. The van der Waals surface area contributed by atoms with Gasteiger partial charge < -0.3 is 20.5 Å². The molecule has 1 aliphatic heterocycles. The van der Waals surface area contributed by atoms with Crippen LogP contribution in [0.15, 0.2) is 42.5 Å². The highest BCUT2D eigenvalue weighted by Gasteiger charge is 2.25. The third-order valence-corrected chi connectivity index (χ3v) is 5.48. The number of methoxy groups -OCH3 is 1. The molecule has 31 heavy (non-hydrogen) atoms. The number of carboxylic acids is 1.